The second kappa shape index (κ2) is 6.30. The summed E-state index contributed by atoms with van der Waals surface area (Å²) in [6.07, 6.45) is -3.41. The fourth-order valence-corrected chi connectivity index (χ4v) is 1.20. The summed E-state index contributed by atoms with van der Waals surface area (Å²) in [5, 5.41) is 2.86. The van der Waals surface area contributed by atoms with Gasteiger partial charge in [0.15, 0.2) is 5.83 Å². The van der Waals surface area contributed by atoms with Gasteiger partial charge >= 0.3 is 6.08 Å². The van der Waals surface area contributed by atoms with Crippen molar-refractivity contribution in [2.75, 3.05) is 0 Å². The van der Waals surface area contributed by atoms with Gasteiger partial charge in [-0.05, 0) is 17.7 Å². The molecule has 0 aliphatic carbocycles. The lowest BCUT2D eigenvalue weighted by molar-refractivity contribution is -0.120. The molecule has 1 aromatic rings. The van der Waals surface area contributed by atoms with E-state index in [1.165, 1.54) is 0 Å². The normalized spacial score (nSPS) is 9.88. The van der Waals surface area contributed by atoms with Crippen molar-refractivity contribution in [3.8, 4) is 0 Å². The topological polar surface area (TPSA) is 29.1 Å². The lowest BCUT2D eigenvalue weighted by Crippen LogP contribution is -2.22. The average molecular weight is 264 g/mol. The highest BCUT2D eigenvalue weighted by atomic mass is 35.5. The lowest BCUT2D eigenvalue weighted by atomic mass is 10.2. The minimum atomic E-state index is -2.47. The third kappa shape index (κ3) is 4.91. The Balaban J connectivity index is 2.44. The molecule has 1 rings (SSSR count). The Morgan fingerprint density at radius 1 is 1.18 bits per heavy atom. The summed E-state index contributed by atoms with van der Waals surface area (Å²) in [6.45, 7) is 0.136. The van der Waals surface area contributed by atoms with Crippen molar-refractivity contribution in [1.29, 1.82) is 0 Å². The minimum Gasteiger partial charge on any atom is -0.352 e. The monoisotopic (exact) mass is 263 g/mol. The fourth-order valence-electron chi connectivity index (χ4n) is 1.07. The van der Waals surface area contributed by atoms with Gasteiger partial charge in [0.2, 0.25) is 5.91 Å². The van der Waals surface area contributed by atoms with E-state index < -0.39 is 24.2 Å². The Morgan fingerprint density at radius 3 is 2.29 bits per heavy atom. The number of rotatable bonds is 4. The van der Waals surface area contributed by atoms with Gasteiger partial charge < -0.3 is 5.32 Å². The van der Waals surface area contributed by atoms with Crippen LogP contribution in [0.15, 0.2) is 36.2 Å². The number of amides is 1. The number of hydrogen-bond acceptors (Lipinski definition) is 1. The van der Waals surface area contributed by atoms with Crippen molar-refractivity contribution >= 4 is 17.5 Å². The van der Waals surface area contributed by atoms with Gasteiger partial charge in [-0.3, -0.25) is 4.79 Å². The summed E-state index contributed by atoms with van der Waals surface area (Å²) < 4.78 is 35.8. The van der Waals surface area contributed by atoms with Gasteiger partial charge in [0.05, 0.1) is 6.42 Å². The highest BCUT2D eigenvalue weighted by molar-refractivity contribution is 6.30. The Morgan fingerprint density at radius 2 is 1.76 bits per heavy atom. The summed E-state index contributed by atoms with van der Waals surface area (Å²) in [6, 6.07) is 6.60. The number of nitrogens with one attached hydrogen (secondary N) is 1. The van der Waals surface area contributed by atoms with E-state index in [-0.39, 0.29) is 6.54 Å². The van der Waals surface area contributed by atoms with Crippen molar-refractivity contribution in [2.45, 2.75) is 13.0 Å². The van der Waals surface area contributed by atoms with Crippen LogP contribution in [0.25, 0.3) is 0 Å². The Hall–Kier alpha value is -1.49. The maximum absolute atomic E-state index is 12.4. The molecule has 6 heteroatoms. The number of carbonyl (C=O) groups is 1. The lowest BCUT2D eigenvalue weighted by Gasteiger charge is -2.04. The van der Waals surface area contributed by atoms with Crippen molar-refractivity contribution in [2.24, 2.45) is 0 Å². The molecule has 0 spiro atoms. The van der Waals surface area contributed by atoms with E-state index in [0.29, 0.717) is 5.02 Å². The smallest absolute Gasteiger partial charge is 0.302 e. The highest BCUT2D eigenvalue weighted by Gasteiger charge is 2.10. The summed E-state index contributed by atoms with van der Waals surface area (Å²) in [5.41, 5.74) is 0.743. The Kier molecular flexibility index (Phi) is 5.03. The van der Waals surface area contributed by atoms with Crippen LogP contribution < -0.4 is 5.32 Å². The molecule has 0 bridgehead atoms. The molecule has 0 saturated carbocycles. The molecule has 0 aliphatic rings. The van der Waals surface area contributed by atoms with Gasteiger partial charge in [-0.1, -0.05) is 23.7 Å². The highest BCUT2D eigenvalue weighted by Crippen LogP contribution is 2.13. The van der Waals surface area contributed by atoms with Crippen molar-refractivity contribution in [3.63, 3.8) is 0 Å². The number of benzene rings is 1. The summed E-state index contributed by atoms with van der Waals surface area (Å²) in [4.78, 5) is 11.1. The predicted molar refractivity (Wildman–Crippen MR) is 58.3 cm³/mol. The molecule has 0 fully saturated rings. The van der Waals surface area contributed by atoms with E-state index >= 15 is 0 Å². The van der Waals surface area contributed by atoms with Gasteiger partial charge in [0, 0.05) is 11.6 Å². The standard InChI is InChI=1S/C11H9ClF3NO/c12-8-3-1-7(2-4-8)6-16-10(17)5-9(13)11(14)15/h1-4H,5-6H2,(H,16,17). The van der Waals surface area contributed by atoms with Crippen LogP contribution in [0.2, 0.25) is 5.02 Å². The zero-order chi connectivity index (χ0) is 12.8. The molecule has 0 aromatic heterocycles. The number of hydrogen-bond donors (Lipinski definition) is 1. The van der Waals surface area contributed by atoms with Gasteiger partial charge in [-0.2, -0.15) is 8.78 Å². The van der Waals surface area contributed by atoms with Crippen LogP contribution in [0.3, 0.4) is 0 Å². The quantitative estimate of drug-likeness (QED) is 0.886. The first-order chi connectivity index (χ1) is 7.99. The molecule has 1 amide bonds. The van der Waals surface area contributed by atoms with Crippen LogP contribution >= 0.6 is 11.6 Å². The third-order valence-electron chi connectivity index (χ3n) is 1.92. The molecule has 0 atom stereocenters. The second-order valence-electron chi connectivity index (χ2n) is 3.25. The number of carbonyl (C=O) groups excluding carboxylic acids is 1. The molecule has 1 aromatic carbocycles. The number of halogens is 4. The summed E-state index contributed by atoms with van der Waals surface area (Å²) in [5.74, 6) is -2.51. The van der Waals surface area contributed by atoms with Gasteiger partial charge in [0.1, 0.15) is 0 Å². The molecule has 0 aliphatic heterocycles. The van der Waals surface area contributed by atoms with E-state index in [1.807, 2.05) is 0 Å². The average Bonchev–Trinajstić information content (AvgIpc) is 2.28. The SMILES string of the molecule is O=C(CC(F)=C(F)F)NCc1ccc(Cl)cc1. The predicted octanol–water partition coefficient (Wildman–Crippen LogP) is 3.42. The van der Waals surface area contributed by atoms with Crippen molar-refractivity contribution < 1.29 is 18.0 Å². The zero-order valence-electron chi connectivity index (χ0n) is 8.64. The molecule has 17 heavy (non-hydrogen) atoms. The minimum absolute atomic E-state index is 0.136. The molecule has 1 N–H and O–H groups in total. The molecule has 2 nitrogen and oxygen atoms in total. The molecule has 92 valence electrons. The first-order valence-corrected chi connectivity index (χ1v) is 5.07. The molecule has 0 saturated heterocycles. The molecular weight excluding hydrogens is 255 g/mol. The van der Waals surface area contributed by atoms with Crippen LogP contribution in [0, 0.1) is 0 Å². The van der Waals surface area contributed by atoms with Crippen molar-refractivity contribution in [3.05, 3.63) is 46.8 Å². The zero-order valence-corrected chi connectivity index (χ0v) is 9.40. The van der Waals surface area contributed by atoms with Gasteiger partial charge in [-0.15, -0.1) is 0 Å². The van der Waals surface area contributed by atoms with Crippen LogP contribution in [0.4, 0.5) is 13.2 Å². The van der Waals surface area contributed by atoms with Crippen LogP contribution in [-0.2, 0) is 11.3 Å². The maximum atomic E-state index is 12.4. The van der Waals surface area contributed by atoms with E-state index in [9.17, 15) is 18.0 Å². The van der Waals surface area contributed by atoms with E-state index in [4.69, 9.17) is 11.6 Å². The molecule has 0 unspecified atom stereocenters. The van der Waals surface area contributed by atoms with Crippen molar-refractivity contribution in [1.82, 2.24) is 5.32 Å². The maximum Gasteiger partial charge on any atom is 0.302 e. The fraction of sp³-hybridized carbons (Fsp3) is 0.182. The van der Waals surface area contributed by atoms with Crippen LogP contribution in [0.1, 0.15) is 12.0 Å². The molecular formula is C11H9ClF3NO. The summed E-state index contributed by atoms with van der Waals surface area (Å²) in [7, 11) is 0. The van der Waals surface area contributed by atoms with Gasteiger partial charge in [-0.25, -0.2) is 4.39 Å². The van der Waals surface area contributed by atoms with Gasteiger partial charge in [0.25, 0.3) is 0 Å². The Labute approximate surface area is 101 Å². The second-order valence-corrected chi connectivity index (χ2v) is 3.68. The third-order valence-corrected chi connectivity index (χ3v) is 2.18. The molecule has 0 heterocycles. The summed E-state index contributed by atoms with van der Waals surface area (Å²) >= 11 is 5.65. The first-order valence-electron chi connectivity index (χ1n) is 4.70. The van der Waals surface area contributed by atoms with E-state index in [0.717, 1.165) is 5.56 Å². The largest absolute Gasteiger partial charge is 0.352 e. The van der Waals surface area contributed by atoms with E-state index in [2.05, 4.69) is 5.32 Å². The van der Waals surface area contributed by atoms with Crippen LogP contribution in [0.5, 0.6) is 0 Å². The first kappa shape index (κ1) is 13.6. The molecule has 0 radical (unpaired) electrons. The Bertz CT molecular complexity index is 427. The van der Waals surface area contributed by atoms with Crippen LogP contribution in [-0.4, -0.2) is 5.91 Å². The van der Waals surface area contributed by atoms with E-state index in [1.54, 1.807) is 24.3 Å².